The lowest BCUT2D eigenvalue weighted by molar-refractivity contribution is 0.189. The van der Waals surface area contributed by atoms with Crippen LogP contribution in [0.5, 0.6) is 0 Å². The van der Waals surface area contributed by atoms with Gasteiger partial charge in [-0.2, -0.15) is 0 Å². The summed E-state index contributed by atoms with van der Waals surface area (Å²) in [5.41, 5.74) is 10.7. The molecule has 5 heteroatoms. The normalized spacial score (nSPS) is 12.7. The molecular formula is C11H20N4O. The van der Waals surface area contributed by atoms with Gasteiger partial charge in [-0.15, -0.1) is 0 Å². The third kappa shape index (κ3) is 3.16. The fourth-order valence-electron chi connectivity index (χ4n) is 1.79. The minimum atomic E-state index is 0.0313. The molecule has 0 aromatic carbocycles. The molecule has 1 aromatic rings. The van der Waals surface area contributed by atoms with E-state index in [1.165, 1.54) is 0 Å². The molecule has 1 heterocycles. The standard InChI is InChI=1S/C11H20N4O/c1-8-5-6-14-11(12)10(8)9(15-13)4-3-7-16-2/h5-6,9,15H,3-4,7,13H2,1-2H3,(H2,12,14). The molecule has 16 heavy (non-hydrogen) atoms. The van der Waals surface area contributed by atoms with Gasteiger partial charge in [0.05, 0.1) is 0 Å². The smallest absolute Gasteiger partial charge is 0.128 e. The number of aryl methyl sites for hydroxylation is 1. The molecule has 0 bridgehead atoms. The van der Waals surface area contributed by atoms with Gasteiger partial charge in [-0.1, -0.05) is 0 Å². The van der Waals surface area contributed by atoms with Crippen molar-refractivity contribution in [3.8, 4) is 0 Å². The average Bonchev–Trinajstić information content (AvgIpc) is 2.26. The van der Waals surface area contributed by atoms with Gasteiger partial charge in [0, 0.05) is 31.5 Å². The first-order valence-electron chi connectivity index (χ1n) is 5.36. The molecule has 5 nitrogen and oxygen atoms in total. The highest BCUT2D eigenvalue weighted by Crippen LogP contribution is 2.25. The molecule has 0 amide bonds. The van der Waals surface area contributed by atoms with Crippen LogP contribution in [0.15, 0.2) is 12.3 Å². The van der Waals surface area contributed by atoms with E-state index in [1.807, 2.05) is 13.0 Å². The predicted molar refractivity (Wildman–Crippen MR) is 64.6 cm³/mol. The molecule has 1 atom stereocenters. The topological polar surface area (TPSA) is 86.2 Å². The Morgan fingerprint density at radius 2 is 2.31 bits per heavy atom. The van der Waals surface area contributed by atoms with Gasteiger partial charge in [-0.3, -0.25) is 11.3 Å². The summed E-state index contributed by atoms with van der Waals surface area (Å²) in [6.45, 7) is 2.73. The number of nitrogen functional groups attached to an aromatic ring is 1. The number of nitrogens with zero attached hydrogens (tertiary/aromatic N) is 1. The van der Waals surface area contributed by atoms with Crippen molar-refractivity contribution in [3.63, 3.8) is 0 Å². The fourth-order valence-corrected chi connectivity index (χ4v) is 1.79. The Balaban J connectivity index is 2.78. The SMILES string of the molecule is COCCCC(NN)c1c(C)ccnc1N. The first kappa shape index (κ1) is 12.9. The molecule has 0 saturated heterocycles. The molecule has 0 aliphatic carbocycles. The van der Waals surface area contributed by atoms with E-state index in [4.69, 9.17) is 16.3 Å². The maximum absolute atomic E-state index is 5.86. The summed E-state index contributed by atoms with van der Waals surface area (Å²) in [6, 6.07) is 1.97. The molecule has 1 unspecified atom stereocenters. The van der Waals surface area contributed by atoms with Crippen LogP contribution < -0.4 is 17.0 Å². The molecular weight excluding hydrogens is 204 g/mol. The van der Waals surface area contributed by atoms with Gasteiger partial charge in [-0.25, -0.2) is 4.98 Å². The second-order valence-electron chi connectivity index (χ2n) is 3.78. The van der Waals surface area contributed by atoms with Gasteiger partial charge in [0.15, 0.2) is 0 Å². The number of pyridine rings is 1. The van der Waals surface area contributed by atoms with Gasteiger partial charge >= 0.3 is 0 Å². The zero-order valence-electron chi connectivity index (χ0n) is 9.86. The number of anilines is 1. The van der Waals surface area contributed by atoms with Crippen molar-refractivity contribution in [3.05, 3.63) is 23.4 Å². The minimum absolute atomic E-state index is 0.0313. The molecule has 90 valence electrons. The second-order valence-corrected chi connectivity index (χ2v) is 3.78. The molecule has 0 aliphatic heterocycles. The highest BCUT2D eigenvalue weighted by Gasteiger charge is 2.15. The average molecular weight is 224 g/mol. The monoisotopic (exact) mass is 224 g/mol. The Kier molecular flexibility index (Phi) is 5.18. The third-order valence-electron chi connectivity index (χ3n) is 2.63. The van der Waals surface area contributed by atoms with Crippen molar-refractivity contribution < 1.29 is 4.74 Å². The summed E-state index contributed by atoms with van der Waals surface area (Å²) in [5, 5.41) is 0. The lowest BCUT2D eigenvalue weighted by Gasteiger charge is -2.19. The summed E-state index contributed by atoms with van der Waals surface area (Å²) >= 11 is 0. The molecule has 0 spiro atoms. The van der Waals surface area contributed by atoms with Crippen LogP contribution in [0.25, 0.3) is 0 Å². The minimum Gasteiger partial charge on any atom is -0.385 e. The lowest BCUT2D eigenvalue weighted by Crippen LogP contribution is -2.29. The van der Waals surface area contributed by atoms with Gasteiger partial charge in [0.2, 0.25) is 0 Å². The van der Waals surface area contributed by atoms with E-state index >= 15 is 0 Å². The molecule has 1 aromatic heterocycles. The molecule has 0 fully saturated rings. The molecule has 0 aliphatic rings. The van der Waals surface area contributed by atoms with Crippen LogP contribution in [0.1, 0.15) is 30.0 Å². The Hall–Kier alpha value is -1.17. The van der Waals surface area contributed by atoms with Crippen LogP contribution in [0.2, 0.25) is 0 Å². The molecule has 5 N–H and O–H groups in total. The Bertz CT molecular complexity index is 310. The highest BCUT2D eigenvalue weighted by atomic mass is 16.5. The van der Waals surface area contributed by atoms with Gasteiger partial charge in [0.25, 0.3) is 0 Å². The Labute approximate surface area is 96.2 Å². The summed E-state index contributed by atoms with van der Waals surface area (Å²) in [6.07, 6.45) is 3.51. The van der Waals surface area contributed by atoms with E-state index in [2.05, 4.69) is 10.4 Å². The van der Waals surface area contributed by atoms with Crippen LogP contribution in [-0.4, -0.2) is 18.7 Å². The summed E-state index contributed by atoms with van der Waals surface area (Å²) in [5.74, 6) is 6.09. The number of hydrogen-bond donors (Lipinski definition) is 3. The number of aromatic nitrogens is 1. The number of nitrogens with two attached hydrogens (primary N) is 2. The van der Waals surface area contributed by atoms with Crippen molar-refractivity contribution in [2.45, 2.75) is 25.8 Å². The maximum Gasteiger partial charge on any atom is 0.128 e. The molecule has 0 radical (unpaired) electrons. The Morgan fingerprint density at radius 1 is 1.56 bits per heavy atom. The zero-order valence-corrected chi connectivity index (χ0v) is 9.86. The van der Waals surface area contributed by atoms with Crippen molar-refractivity contribution >= 4 is 5.82 Å². The third-order valence-corrected chi connectivity index (χ3v) is 2.63. The number of nitrogens with one attached hydrogen (secondary N) is 1. The van der Waals surface area contributed by atoms with Gasteiger partial charge in [0.1, 0.15) is 5.82 Å². The van der Waals surface area contributed by atoms with E-state index < -0.39 is 0 Å². The first-order chi connectivity index (χ1) is 7.70. The number of hydrogen-bond acceptors (Lipinski definition) is 5. The number of hydrazine groups is 1. The largest absolute Gasteiger partial charge is 0.385 e. The van der Waals surface area contributed by atoms with E-state index in [0.717, 1.165) is 30.6 Å². The molecule has 0 saturated carbocycles. The molecule has 1 rings (SSSR count). The predicted octanol–water partition coefficient (Wildman–Crippen LogP) is 0.903. The summed E-state index contributed by atoms with van der Waals surface area (Å²) in [4.78, 5) is 4.09. The second kappa shape index (κ2) is 6.42. The zero-order chi connectivity index (χ0) is 12.0. The van der Waals surface area contributed by atoms with E-state index in [0.29, 0.717) is 5.82 Å². The van der Waals surface area contributed by atoms with Gasteiger partial charge < -0.3 is 10.5 Å². The van der Waals surface area contributed by atoms with Crippen molar-refractivity contribution in [1.29, 1.82) is 0 Å². The first-order valence-corrected chi connectivity index (χ1v) is 5.36. The summed E-state index contributed by atoms with van der Waals surface area (Å²) in [7, 11) is 1.69. The van der Waals surface area contributed by atoms with E-state index in [1.54, 1.807) is 13.3 Å². The van der Waals surface area contributed by atoms with Crippen LogP contribution in [0.3, 0.4) is 0 Å². The number of ether oxygens (including phenoxy) is 1. The number of rotatable bonds is 6. The highest BCUT2D eigenvalue weighted by molar-refractivity contribution is 5.45. The van der Waals surface area contributed by atoms with Crippen LogP contribution in [-0.2, 0) is 4.74 Å². The van der Waals surface area contributed by atoms with Crippen LogP contribution in [0.4, 0.5) is 5.82 Å². The van der Waals surface area contributed by atoms with Gasteiger partial charge in [-0.05, 0) is 31.4 Å². The van der Waals surface area contributed by atoms with Crippen LogP contribution >= 0.6 is 0 Å². The van der Waals surface area contributed by atoms with Crippen molar-refractivity contribution in [2.75, 3.05) is 19.5 Å². The fraction of sp³-hybridized carbons (Fsp3) is 0.545. The number of methoxy groups -OCH3 is 1. The van der Waals surface area contributed by atoms with E-state index in [-0.39, 0.29) is 6.04 Å². The lowest BCUT2D eigenvalue weighted by atomic mass is 9.99. The maximum atomic E-state index is 5.86. The van der Waals surface area contributed by atoms with Crippen LogP contribution in [0, 0.1) is 6.92 Å². The van der Waals surface area contributed by atoms with E-state index in [9.17, 15) is 0 Å². The van der Waals surface area contributed by atoms with Crippen molar-refractivity contribution in [2.24, 2.45) is 5.84 Å². The van der Waals surface area contributed by atoms with Crippen molar-refractivity contribution in [1.82, 2.24) is 10.4 Å². The quantitative estimate of drug-likeness (QED) is 0.380. The Morgan fingerprint density at radius 3 is 2.88 bits per heavy atom. The summed E-state index contributed by atoms with van der Waals surface area (Å²) < 4.78 is 5.02.